The van der Waals surface area contributed by atoms with Gasteiger partial charge < -0.3 is 9.64 Å². The molecule has 0 aliphatic heterocycles. The Morgan fingerprint density at radius 2 is 1.67 bits per heavy atom. The summed E-state index contributed by atoms with van der Waals surface area (Å²) in [4.78, 5) is 1.61. The standard InChI is InChI=1S/C18H28ClNO/c1-3-20(4-2)14-15-21-18(12-6-5-7-13-18)16-8-10-17(19)11-9-16/h8-11H,3-7,12-15H2,1-2H3/p+1. The first kappa shape index (κ1) is 16.8. The van der Waals surface area contributed by atoms with Crippen molar-refractivity contribution in [1.29, 1.82) is 0 Å². The lowest BCUT2D eigenvalue weighted by Gasteiger charge is -2.38. The van der Waals surface area contributed by atoms with E-state index in [1.54, 1.807) is 4.90 Å². The van der Waals surface area contributed by atoms with Gasteiger partial charge in [0.15, 0.2) is 0 Å². The fraction of sp³-hybridized carbons (Fsp3) is 0.667. The Hall–Kier alpha value is -0.570. The van der Waals surface area contributed by atoms with Crippen molar-refractivity contribution in [2.24, 2.45) is 0 Å². The lowest BCUT2D eigenvalue weighted by Crippen LogP contribution is -3.11. The molecule has 0 atom stereocenters. The van der Waals surface area contributed by atoms with Gasteiger partial charge in [-0.15, -0.1) is 0 Å². The van der Waals surface area contributed by atoms with Crippen molar-refractivity contribution >= 4 is 11.6 Å². The molecule has 0 radical (unpaired) electrons. The van der Waals surface area contributed by atoms with Crippen LogP contribution in [-0.2, 0) is 10.3 Å². The number of quaternary nitrogens is 1. The zero-order chi connectivity index (χ0) is 15.1. The molecule has 2 rings (SSSR count). The Balaban J connectivity index is 2.04. The summed E-state index contributed by atoms with van der Waals surface area (Å²) in [6.07, 6.45) is 6.14. The van der Waals surface area contributed by atoms with Crippen LogP contribution in [0.2, 0.25) is 5.02 Å². The van der Waals surface area contributed by atoms with Crippen molar-refractivity contribution in [3.05, 3.63) is 34.9 Å². The Morgan fingerprint density at radius 3 is 2.24 bits per heavy atom. The molecule has 0 heterocycles. The Morgan fingerprint density at radius 1 is 1.05 bits per heavy atom. The minimum atomic E-state index is -0.0740. The van der Waals surface area contributed by atoms with E-state index in [0.29, 0.717) is 0 Å². The summed E-state index contributed by atoms with van der Waals surface area (Å²) in [5, 5.41) is 0.803. The van der Waals surface area contributed by atoms with Crippen LogP contribution >= 0.6 is 11.6 Å². The van der Waals surface area contributed by atoms with Gasteiger partial charge in [0.05, 0.1) is 25.3 Å². The summed E-state index contributed by atoms with van der Waals surface area (Å²) < 4.78 is 6.47. The van der Waals surface area contributed by atoms with Crippen molar-refractivity contribution < 1.29 is 9.64 Å². The van der Waals surface area contributed by atoms with E-state index in [1.165, 1.54) is 37.9 Å². The highest BCUT2D eigenvalue weighted by Crippen LogP contribution is 2.40. The first-order valence-corrected chi connectivity index (χ1v) is 8.81. The molecule has 0 bridgehead atoms. The number of hydrogen-bond acceptors (Lipinski definition) is 1. The zero-order valence-electron chi connectivity index (χ0n) is 13.5. The monoisotopic (exact) mass is 310 g/mol. The maximum Gasteiger partial charge on any atom is 0.101 e. The number of nitrogens with one attached hydrogen (secondary N) is 1. The molecule has 1 aromatic carbocycles. The van der Waals surface area contributed by atoms with Crippen molar-refractivity contribution in [2.75, 3.05) is 26.2 Å². The van der Waals surface area contributed by atoms with Crippen molar-refractivity contribution in [3.63, 3.8) is 0 Å². The maximum atomic E-state index is 6.47. The number of ether oxygens (including phenoxy) is 1. The zero-order valence-corrected chi connectivity index (χ0v) is 14.2. The molecular weight excluding hydrogens is 282 g/mol. The van der Waals surface area contributed by atoms with E-state index in [-0.39, 0.29) is 5.60 Å². The molecule has 21 heavy (non-hydrogen) atoms. The van der Waals surface area contributed by atoms with Gasteiger partial charge in [-0.2, -0.15) is 0 Å². The molecule has 1 saturated carbocycles. The molecule has 1 N–H and O–H groups in total. The predicted molar refractivity (Wildman–Crippen MR) is 89.1 cm³/mol. The van der Waals surface area contributed by atoms with Crippen LogP contribution in [0, 0.1) is 0 Å². The first-order valence-electron chi connectivity index (χ1n) is 8.44. The van der Waals surface area contributed by atoms with Crippen LogP contribution in [0.3, 0.4) is 0 Å². The molecule has 0 amide bonds. The third-order valence-electron chi connectivity index (χ3n) is 4.87. The minimum Gasteiger partial charge on any atom is -0.364 e. The molecule has 0 saturated heterocycles. The number of likely N-dealkylation sites (N-methyl/N-ethyl adjacent to an activating group) is 1. The molecule has 1 aromatic rings. The quantitative estimate of drug-likeness (QED) is 0.814. The fourth-order valence-corrected chi connectivity index (χ4v) is 3.51. The Bertz CT molecular complexity index is 408. The van der Waals surface area contributed by atoms with Crippen LogP contribution in [0.4, 0.5) is 0 Å². The second kappa shape index (κ2) is 8.17. The SMILES string of the molecule is CC[NH+](CC)CCOC1(c2ccc(Cl)cc2)CCCCC1. The molecule has 1 aliphatic rings. The highest BCUT2D eigenvalue weighted by atomic mass is 35.5. The summed E-state index contributed by atoms with van der Waals surface area (Å²) in [5.74, 6) is 0. The molecule has 2 nitrogen and oxygen atoms in total. The Labute approximate surface area is 134 Å². The van der Waals surface area contributed by atoms with Gasteiger partial charge in [-0.3, -0.25) is 0 Å². The van der Waals surface area contributed by atoms with Crippen molar-refractivity contribution in [1.82, 2.24) is 0 Å². The molecule has 1 fully saturated rings. The largest absolute Gasteiger partial charge is 0.364 e. The second-order valence-corrected chi connectivity index (χ2v) is 6.55. The van der Waals surface area contributed by atoms with Gasteiger partial charge in [0.25, 0.3) is 0 Å². The maximum absolute atomic E-state index is 6.47. The topological polar surface area (TPSA) is 13.7 Å². The van der Waals surface area contributed by atoms with Crippen LogP contribution < -0.4 is 4.90 Å². The number of halogens is 1. The minimum absolute atomic E-state index is 0.0740. The highest BCUT2D eigenvalue weighted by Gasteiger charge is 2.35. The number of rotatable bonds is 7. The molecule has 3 heteroatoms. The van der Waals surface area contributed by atoms with E-state index in [0.717, 1.165) is 31.0 Å². The van der Waals surface area contributed by atoms with Gasteiger partial charge in [-0.25, -0.2) is 0 Å². The van der Waals surface area contributed by atoms with Gasteiger partial charge >= 0.3 is 0 Å². The van der Waals surface area contributed by atoms with Crippen molar-refractivity contribution in [3.8, 4) is 0 Å². The van der Waals surface area contributed by atoms with Crippen molar-refractivity contribution in [2.45, 2.75) is 51.6 Å². The van der Waals surface area contributed by atoms with Crippen LogP contribution in [0.25, 0.3) is 0 Å². The molecule has 118 valence electrons. The smallest absolute Gasteiger partial charge is 0.101 e. The normalized spacial score (nSPS) is 18.1. The van der Waals surface area contributed by atoms with E-state index < -0.39 is 0 Å². The highest BCUT2D eigenvalue weighted by molar-refractivity contribution is 6.30. The molecule has 0 aromatic heterocycles. The molecule has 0 unspecified atom stereocenters. The summed E-state index contributed by atoms with van der Waals surface area (Å²) in [6, 6.07) is 8.29. The molecule has 1 aliphatic carbocycles. The van der Waals surface area contributed by atoms with E-state index in [9.17, 15) is 0 Å². The van der Waals surface area contributed by atoms with Gasteiger partial charge in [-0.1, -0.05) is 43.0 Å². The van der Waals surface area contributed by atoms with E-state index in [4.69, 9.17) is 16.3 Å². The number of benzene rings is 1. The lowest BCUT2D eigenvalue weighted by molar-refractivity contribution is -0.897. The predicted octanol–water partition coefficient (Wildman–Crippen LogP) is 3.44. The van der Waals surface area contributed by atoms with Crippen LogP contribution in [0.15, 0.2) is 24.3 Å². The average molecular weight is 311 g/mol. The van der Waals surface area contributed by atoms with Gasteiger partial charge in [0.1, 0.15) is 6.54 Å². The average Bonchev–Trinajstić information content (AvgIpc) is 2.53. The summed E-state index contributed by atoms with van der Waals surface area (Å²) >= 11 is 6.04. The van der Waals surface area contributed by atoms with E-state index >= 15 is 0 Å². The summed E-state index contributed by atoms with van der Waals surface area (Å²) in [6.45, 7) is 8.78. The lowest BCUT2D eigenvalue weighted by atomic mass is 9.79. The molecule has 0 spiro atoms. The van der Waals surface area contributed by atoms with Crippen LogP contribution in [-0.4, -0.2) is 26.2 Å². The third-order valence-corrected chi connectivity index (χ3v) is 5.12. The summed E-state index contributed by atoms with van der Waals surface area (Å²) in [5.41, 5.74) is 1.23. The molecular formula is C18H29ClNO+. The van der Waals surface area contributed by atoms with Crippen LogP contribution in [0.1, 0.15) is 51.5 Å². The Kier molecular flexibility index (Phi) is 6.53. The fourth-order valence-electron chi connectivity index (χ4n) is 3.39. The second-order valence-electron chi connectivity index (χ2n) is 6.12. The van der Waals surface area contributed by atoms with E-state index in [2.05, 4.69) is 26.0 Å². The van der Waals surface area contributed by atoms with Gasteiger partial charge in [0.2, 0.25) is 0 Å². The third kappa shape index (κ3) is 4.45. The number of hydrogen-bond donors (Lipinski definition) is 1. The summed E-state index contributed by atoms with van der Waals surface area (Å²) in [7, 11) is 0. The van der Waals surface area contributed by atoms with Gasteiger partial charge in [0, 0.05) is 5.02 Å². The van der Waals surface area contributed by atoms with Crippen LogP contribution in [0.5, 0.6) is 0 Å². The van der Waals surface area contributed by atoms with E-state index in [1.807, 2.05) is 12.1 Å². The first-order chi connectivity index (χ1) is 10.2. The van der Waals surface area contributed by atoms with Gasteiger partial charge in [-0.05, 0) is 44.4 Å².